The van der Waals surface area contributed by atoms with Crippen LogP contribution in [-0.4, -0.2) is 24.2 Å². The molecule has 1 fully saturated rings. The number of aliphatic hydroxyl groups is 1. The highest BCUT2D eigenvalue weighted by Crippen LogP contribution is 2.17. The molecular formula is C11H16N2O. The number of anilines is 1. The quantitative estimate of drug-likeness (QED) is 0.668. The lowest BCUT2D eigenvalue weighted by Crippen LogP contribution is -2.22. The molecule has 0 radical (unpaired) electrons. The second-order valence-electron chi connectivity index (χ2n) is 3.65. The minimum absolute atomic E-state index is 0.101. The zero-order valence-electron chi connectivity index (χ0n) is 8.16. The molecule has 0 aliphatic carbocycles. The number of hydrogen-bond acceptors (Lipinski definition) is 3. The highest BCUT2D eigenvalue weighted by atomic mass is 16.3. The molecule has 0 bridgehead atoms. The van der Waals surface area contributed by atoms with Crippen LogP contribution in [0.2, 0.25) is 0 Å². The Bertz CT molecular complexity index is 295. The molecule has 1 unspecified atom stereocenters. The lowest BCUT2D eigenvalue weighted by molar-refractivity contribution is 0.282. The van der Waals surface area contributed by atoms with Gasteiger partial charge in [0.05, 0.1) is 6.61 Å². The van der Waals surface area contributed by atoms with E-state index in [4.69, 9.17) is 5.11 Å². The molecule has 1 saturated heterocycles. The molecule has 1 aromatic carbocycles. The minimum Gasteiger partial charge on any atom is -0.392 e. The van der Waals surface area contributed by atoms with Crippen LogP contribution in [0.4, 0.5) is 5.69 Å². The lowest BCUT2D eigenvalue weighted by Gasteiger charge is -2.15. The Balaban J connectivity index is 2.07. The van der Waals surface area contributed by atoms with Crippen molar-refractivity contribution in [1.29, 1.82) is 0 Å². The van der Waals surface area contributed by atoms with Crippen LogP contribution in [0.1, 0.15) is 12.0 Å². The van der Waals surface area contributed by atoms with Gasteiger partial charge in [-0.05, 0) is 19.0 Å². The SMILES string of the molecule is OCc1ccccc1NC1CCNC1. The molecule has 1 atom stereocenters. The molecule has 3 heteroatoms. The average molecular weight is 192 g/mol. The summed E-state index contributed by atoms with van der Waals surface area (Å²) in [6, 6.07) is 8.41. The van der Waals surface area contributed by atoms with E-state index in [-0.39, 0.29) is 6.61 Å². The van der Waals surface area contributed by atoms with Crippen LogP contribution in [0.15, 0.2) is 24.3 Å². The summed E-state index contributed by atoms with van der Waals surface area (Å²) in [7, 11) is 0. The van der Waals surface area contributed by atoms with E-state index in [0.29, 0.717) is 6.04 Å². The van der Waals surface area contributed by atoms with Crippen LogP contribution in [0, 0.1) is 0 Å². The van der Waals surface area contributed by atoms with Crippen molar-refractivity contribution in [3.8, 4) is 0 Å². The molecule has 0 aromatic heterocycles. The number of aliphatic hydroxyl groups excluding tert-OH is 1. The van der Waals surface area contributed by atoms with E-state index in [1.54, 1.807) is 0 Å². The van der Waals surface area contributed by atoms with Gasteiger partial charge in [0.15, 0.2) is 0 Å². The molecule has 1 heterocycles. The fourth-order valence-corrected chi connectivity index (χ4v) is 1.80. The predicted octanol–water partition coefficient (Wildman–Crippen LogP) is 0.953. The van der Waals surface area contributed by atoms with Gasteiger partial charge >= 0.3 is 0 Å². The van der Waals surface area contributed by atoms with Crippen LogP contribution >= 0.6 is 0 Å². The zero-order valence-corrected chi connectivity index (χ0v) is 8.16. The van der Waals surface area contributed by atoms with Crippen molar-refractivity contribution in [2.24, 2.45) is 0 Å². The maximum Gasteiger partial charge on any atom is 0.0701 e. The van der Waals surface area contributed by atoms with E-state index in [2.05, 4.69) is 10.6 Å². The Morgan fingerprint density at radius 2 is 2.29 bits per heavy atom. The molecule has 3 nitrogen and oxygen atoms in total. The van der Waals surface area contributed by atoms with Crippen molar-refractivity contribution in [2.75, 3.05) is 18.4 Å². The second kappa shape index (κ2) is 4.44. The molecule has 1 aliphatic rings. The first-order valence-electron chi connectivity index (χ1n) is 5.06. The Labute approximate surface area is 84.1 Å². The van der Waals surface area contributed by atoms with Crippen LogP contribution in [-0.2, 0) is 6.61 Å². The normalized spacial score (nSPS) is 21.1. The number of hydrogen-bond donors (Lipinski definition) is 3. The van der Waals surface area contributed by atoms with Crippen LogP contribution in [0.3, 0.4) is 0 Å². The zero-order chi connectivity index (χ0) is 9.80. The first-order chi connectivity index (χ1) is 6.90. The van der Waals surface area contributed by atoms with Gasteiger partial charge in [-0.15, -0.1) is 0 Å². The van der Waals surface area contributed by atoms with Gasteiger partial charge in [-0.3, -0.25) is 0 Å². The number of rotatable bonds is 3. The van der Waals surface area contributed by atoms with Gasteiger partial charge in [-0.1, -0.05) is 18.2 Å². The Kier molecular flexibility index (Phi) is 3.01. The summed E-state index contributed by atoms with van der Waals surface area (Å²) in [4.78, 5) is 0. The van der Waals surface area contributed by atoms with Crippen molar-refractivity contribution in [3.05, 3.63) is 29.8 Å². The monoisotopic (exact) mass is 192 g/mol. The first kappa shape index (κ1) is 9.49. The highest BCUT2D eigenvalue weighted by molar-refractivity contribution is 5.51. The summed E-state index contributed by atoms with van der Waals surface area (Å²) in [6.07, 6.45) is 1.15. The van der Waals surface area contributed by atoms with Crippen molar-refractivity contribution in [1.82, 2.24) is 5.32 Å². The van der Waals surface area contributed by atoms with Crippen molar-refractivity contribution >= 4 is 5.69 Å². The fourth-order valence-electron chi connectivity index (χ4n) is 1.80. The Hall–Kier alpha value is -1.06. The smallest absolute Gasteiger partial charge is 0.0701 e. The van der Waals surface area contributed by atoms with Crippen LogP contribution < -0.4 is 10.6 Å². The molecule has 0 amide bonds. The molecular weight excluding hydrogens is 176 g/mol. The standard InChI is InChI=1S/C11H16N2O/c14-8-9-3-1-2-4-11(9)13-10-5-6-12-7-10/h1-4,10,12-14H,5-8H2. The predicted molar refractivity (Wildman–Crippen MR) is 57.3 cm³/mol. The third-order valence-electron chi connectivity index (χ3n) is 2.61. The highest BCUT2D eigenvalue weighted by Gasteiger charge is 2.14. The number of para-hydroxylation sites is 1. The first-order valence-corrected chi connectivity index (χ1v) is 5.06. The maximum absolute atomic E-state index is 9.14. The van der Waals surface area contributed by atoms with Gasteiger partial charge in [0.1, 0.15) is 0 Å². The van der Waals surface area contributed by atoms with Gasteiger partial charge in [0.2, 0.25) is 0 Å². The molecule has 0 spiro atoms. The number of nitrogens with one attached hydrogen (secondary N) is 2. The second-order valence-corrected chi connectivity index (χ2v) is 3.65. The Morgan fingerprint density at radius 1 is 1.43 bits per heavy atom. The summed E-state index contributed by atoms with van der Waals surface area (Å²) < 4.78 is 0. The molecule has 3 N–H and O–H groups in total. The van der Waals surface area contributed by atoms with Gasteiger partial charge in [-0.2, -0.15) is 0 Å². The van der Waals surface area contributed by atoms with E-state index >= 15 is 0 Å². The summed E-state index contributed by atoms with van der Waals surface area (Å²) >= 11 is 0. The van der Waals surface area contributed by atoms with Crippen molar-refractivity contribution in [2.45, 2.75) is 19.1 Å². The molecule has 0 saturated carbocycles. The average Bonchev–Trinajstić information content (AvgIpc) is 2.71. The van der Waals surface area contributed by atoms with Gasteiger partial charge in [0.25, 0.3) is 0 Å². The fraction of sp³-hybridized carbons (Fsp3) is 0.455. The summed E-state index contributed by atoms with van der Waals surface area (Å²) in [5, 5.41) is 15.9. The molecule has 1 aliphatic heterocycles. The van der Waals surface area contributed by atoms with Crippen molar-refractivity contribution in [3.63, 3.8) is 0 Å². The minimum atomic E-state index is 0.101. The molecule has 1 aromatic rings. The topological polar surface area (TPSA) is 44.3 Å². The van der Waals surface area contributed by atoms with E-state index < -0.39 is 0 Å². The van der Waals surface area contributed by atoms with Crippen LogP contribution in [0.25, 0.3) is 0 Å². The van der Waals surface area contributed by atoms with Gasteiger partial charge in [0, 0.05) is 23.8 Å². The summed E-state index contributed by atoms with van der Waals surface area (Å²) in [6.45, 7) is 2.20. The summed E-state index contributed by atoms with van der Waals surface area (Å²) in [5.41, 5.74) is 2.03. The number of benzene rings is 1. The van der Waals surface area contributed by atoms with E-state index in [9.17, 15) is 0 Å². The lowest BCUT2D eigenvalue weighted by atomic mass is 10.1. The van der Waals surface area contributed by atoms with Gasteiger partial charge < -0.3 is 15.7 Å². The van der Waals surface area contributed by atoms with E-state index in [1.807, 2.05) is 24.3 Å². The van der Waals surface area contributed by atoms with Gasteiger partial charge in [-0.25, -0.2) is 0 Å². The Morgan fingerprint density at radius 3 is 3.00 bits per heavy atom. The van der Waals surface area contributed by atoms with E-state index in [1.165, 1.54) is 0 Å². The molecule has 76 valence electrons. The molecule has 2 rings (SSSR count). The van der Waals surface area contributed by atoms with Crippen molar-refractivity contribution < 1.29 is 5.11 Å². The largest absolute Gasteiger partial charge is 0.392 e. The third kappa shape index (κ3) is 2.05. The summed E-state index contributed by atoms with van der Waals surface area (Å²) in [5.74, 6) is 0. The van der Waals surface area contributed by atoms with Crippen LogP contribution in [0.5, 0.6) is 0 Å². The third-order valence-corrected chi connectivity index (χ3v) is 2.61. The maximum atomic E-state index is 9.14. The van der Waals surface area contributed by atoms with E-state index in [0.717, 1.165) is 30.8 Å². The molecule has 14 heavy (non-hydrogen) atoms.